The third kappa shape index (κ3) is 2.76. The minimum absolute atomic E-state index is 0.0767. The minimum atomic E-state index is -0.256. The zero-order valence-electron chi connectivity index (χ0n) is 8.81. The number of nitrogens with one attached hydrogen (secondary N) is 2. The zero-order chi connectivity index (χ0) is 12.3. The number of benzene rings is 1. The molecule has 0 fully saturated rings. The van der Waals surface area contributed by atoms with Crippen LogP contribution in [0.1, 0.15) is 0 Å². The second-order valence-electron chi connectivity index (χ2n) is 3.39. The average molecular weight is 252 g/mol. The van der Waals surface area contributed by atoms with Crippen LogP contribution in [0.3, 0.4) is 0 Å². The van der Waals surface area contributed by atoms with E-state index in [4.69, 9.17) is 11.6 Å². The minimum Gasteiger partial charge on any atom is -0.325 e. The van der Waals surface area contributed by atoms with Crippen molar-refractivity contribution in [1.82, 2.24) is 9.78 Å². The first-order valence-corrected chi connectivity index (χ1v) is 5.46. The van der Waals surface area contributed by atoms with Crippen molar-refractivity contribution in [2.75, 3.05) is 11.2 Å². The number of hydrogen-bond donors (Lipinski definition) is 2. The van der Waals surface area contributed by atoms with Crippen LogP contribution in [0.4, 0.5) is 5.69 Å². The van der Waals surface area contributed by atoms with Crippen molar-refractivity contribution in [3.8, 4) is 5.69 Å². The topological polar surface area (TPSA) is 66.9 Å². The van der Waals surface area contributed by atoms with Gasteiger partial charge in [0.05, 0.1) is 5.69 Å². The van der Waals surface area contributed by atoms with E-state index in [9.17, 15) is 9.59 Å². The van der Waals surface area contributed by atoms with Gasteiger partial charge in [0.15, 0.2) is 0 Å². The fourth-order valence-corrected chi connectivity index (χ4v) is 1.45. The highest BCUT2D eigenvalue weighted by Gasteiger charge is 2.01. The SMILES string of the molecule is O=C(CCl)Nc1ccc(-n2ccc(=O)[nH]2)cc1. The smallest absolute Gasteiger partial charge is 0.264 e. The number of H-pyrrole nitrogens is 1. The number of anilines is 1. The normalized spacial score (nSPS) is 10.2. The molecular weight excluding hydrogens is 242 g/mol. The van der Waals surface area contributed by atoms with Crippen molar-refractivity contribution >= 4 is 23.2 Å². The Morgan fingerprint density at radius 1 is 1.29 bits per heavy atom. The van der Waals surface area contributed by atoms with Gasteiger partial charge in [0.1, 0.15) is 5.88 Å². The highest BCUT2D eigenvalue weighted by atomic mass is 35.5. The summed E-state index contributed by atoms with van der Waals surface area (Å²) in [5.41, 5.74) is 1.30. The maximum Gasteiger partial charge on any atom is 0.264 e. The molecule has 0 aliphatic carbocycles. The van der Waals surface area contributed by atoms with Crippen LogP contribution in [-0.4, -0.2) is 21.6 Å². The van der Waals surface area contributed by atoms with Crippen LogP contribution in [-0.2, 0) is 4.79 Å². The molecule has 0 saturated carbocycles. The summed E-state index contributed by atoms with van der Waals surface area (Å²) in [7, 11) is 0. The molecule has 1 aromatic carbocycles. The average Bonchev–Trinajstić information content (AvgIpc) is 2.77. The molecule has 17 heavy (non-hydrogen) atoms. The van der Waals surface area contributed by atoms with Gasteiger partial charge in [0, 0.05) is 18.0 Å². The molecule has 0 aliphatic heterocycles. The number of amides is 1. The van der Waals surface area contributed by atoms with Crippen molar-refractivity contribution in [2.45, 2.75) is 0 Å². The molecule has 1 aromatic heterocycles. The summed E-state index contributed by atoms with van der Waals surface area (Å²) in [4.78, 5) is 22.0. The Hall–Kier alpha value is -2.01. The molecule has 0 aliphatic rings. The molecule has 2 aromatic rings. The number of halogens is 1. The standard InChI is InChI=1S/C11H10ClN3O2/c12-7-11(17)13-8-1-3-9(4-2-8)15-6-5-10(16)14-15/h1-6H,7H2,(H,13,17)(H,14,16). The first-order chi connectivity index (χ1) is 8.19. The number of rotatable bonds is 3. The summed E-state index contributed by atoms with van der Waals surface area (Å²) >= 11 is 5.38. The lowest BCUT2D eigenvalue weighted by Gasteiger charge is -2.05. The second kappa shape index (κ2) is 4.88. The Morgan fingerprint density at radius 3 is 2.53 bits per heavy atom. The third-order valence-corrected chi connectivity index (χ3v) is 2.40. The Morgan fingerprint density at radius 2 is 2.00 bits per heavy atom. The van der Waals surface area contributed by atoms with E-state index in [1.165, 1.54) is 6.07 Å². The van der Waals surface area contributed by atoms with Crippen molar-refractivity contribution in [1.29, 1.82) is 0 Å². The summed E-state index contributed by atoms with van der Waals surface area (Å²) in [6.07, 6.45) is 1.63. The maximum absolute atomic E-state index is 11.0. The summed E-state index contributed by atoms with van der Waals surface area (Å²) in [5.74, 6) is -0.332. The number of carbonyl (C=O) groups is 1. The quantitative estimate of drug-likeness (QED) is 0.809. The van der Waals surface area contributed by atoms with Gasteiger partial charge in [0.25, 0.3) is 5.56 Å². The van der Waals surface area contributed by atoms with Gasteiger partial charge in [-0.1, -0.05) is 0 Å². The van der Waals surface area contributed by atoms with E-state index in [2.05, 4.69) is 10.4 Å². The molecule has 0 saturated heterocycles. The van der Waals surface area contributed by atoms with Gasteiger partial charge < -0.3 is 5.32 Å². The van der Waals surface area contributed by atoms with Gasteiger partial charge in [-0.05, 0) is 24.3 Å². The van der Waals surface area contributed by atoms with Gasteiger partial charge in [-0.2, -0.15) is 0 Å². The number of carbonyl (C=O) groups excluding carboxylic acids is 1. The Balaban J connectivity index is 2.18. The highest BCUT2D eigenvalue weighted by molar-refractivity contribution is 6.29. The Bertz CT molecular complexity index is 571. The summed E-state index contributed by atoms with van der Waals surface area (Å²) < 4.78 is 1.59. The van der Waals surface area contributed by atoms with Crippen LogP contribution in [0.5, 0.6) is 0 Å². The zero-order valence-corrected chi connectivity index (χ0v) is 9.57. The molecule has 5 nitrogen and oxygen atoms in total. The van der Waals surface area contributed by atoms with Gasteiger partial charge in [-0.15, -0.1) is 11.6 Å². The van der Waals surface area contributed by atoms with Crippen LogP contribution in [0.2, 0.25) is 0 Å². The second-order valence-corrected chi connectivity index (χ2v) is 3.66. The lowest BCUT2D eigenvalue weighted by atomic mass is 10.3. The summed E-state index contributed by atoms with van der Waals surface area (Å²) in [6.45, 7) is 0. The summed E-state index contributed by atoms with van der Waals surface area (Å²) in [5, 5.41) is 5.24. The van der Waals surface area contributed by atoms with E-state index in [1.807, 2.05) is 0 Å². The number of alkyl halides is 1. The van der Waals surface area contributed by atoms with Crippen LogP contribution in [0.25, 0.3) is 5.69 Å². The third-order valence-electron chi connectivity index (χ3n) is 2.16. The van der Waals surface area contributed by atoms with Gasteiger partial charge in [-0.25, -0.2) is 0 Å². The van der Waals surface area contributed by atoms with Gasteiger partial charge >= 0.3 is 0 Å². The number of nitrogens with zero attached hydrogens (tertiary/aromatic N) is 1. The van der Waals surface area contributed by atoms with Gasteiger partial charge in [-0.3, -0.25) is 19.4 Å². The van der Waals surface area contributed by atoms with Crippen molar-refractivity contribution in [3.63, 3.8) is 0 Å². The Labute approximate surface area is 102 Å². The molecule has 88 valence electrons. The molecule has 1 heterocycles. The lowest BCUT2D eigenvalue weighted by Crippen LogP contribution is -2.12. The van der Waals surface area contributed by atoms with Crippen molar-refractivity contribution in [3.05, 3.63) is 46.9 Å². The number of hydrogen-bond acceptors (Lipinski definition) is 2. The molecule has 0 radical (unpaired) electrons. The van der Waals surface area contributed by atoms with Crippen molar-refractivity contribution in [2.24, 2.45) is 0 Å². The number of aromatic nitrogens is 2. The molecule has 0 bridgehead atoms. The van der Waals surface area contributed by atoms with Crippen LogP contribution >= 0.6 is 11.6 Å². The van der Waals surface area contributed by atoms with E-state index >= 15 is 0 Å². The molecule has 1 amide bonds. The largest absolute Gasteiger partial charge is 0.325 e. The molecule has 6 heteroatoms. The van der Waals surface area contributed by atoms with Crippen LogP contribution in [0.15, 0.2) is 41.3 Å². The van der Waals surface area contributed by atoms with E-state index in [0.717, 1.165) is 5.69 Å². The van der Waals surface area contributed by atoms with Crippen LogP contribution in [0, 0.1) is 0 Å². The fraction of sp³-hybridized carbons (Fsp3) is 0.0909. The maximum atomic E-state index is 11.0. The molecule has 0 unspecified atom stereocenters. The van der Waals surface area contributed by atoms with E-state index < -0.39 is 0 Å². The predicted octanol–water partition coefficient (Wildman–Crippen LogP) is 1.34. The molecule has 2 rings (SSSR count). The lowest BCUT2D eigenvalue weighted by molar-refractivity contribution is -0.113. The Kier molecular flexibility index (Phi) is 3.30. The molecule has 0 atom stereocenters. The predicted molar refractivity (Wildman–Crippen MR) is 65.7 cm³/mol. The molecular formula is C11H10ClN3O2. The molecule has 2 N–H and O–H groups in total. The van der Waals surface area contributed by atoms with E-state index in [0.29, 0.717) is 5.69 Å². The van der Waals surface area contributed by atoms with E-state index in [1.54, 1.807) is 35.1 Å². The molecule has 0 spiro atoms. The number of aromatic amines is 1. The highest BCUT2D eigenvalue weighted by Crippen LogP contribution is 2.11. The first-order valence-electron chi connectivity index (χ1n) is 4.93. The fourth-order valence-electron chi connectivity index (χ4n) is 1.39. The van der Waals surface area contributed by atoms with Crippen LogP contribution < -0.4 is 10.9 Å². The van der Waals surface area contributed by atoms with Gasteiger partial charge in [0.2, 0.25) is 5.91 Å². The summed E-state index contributed by atoms with van der Waals surface area (Å²) in [6, 6.07) is 8.46. The first kappa shape index (κ1) is 11.5. The van der Waals surface area contributed by atoms with Crippen molar-refractivity contribution < 1.29 is 4.79 Å². The van der Waals surface area contributed by atoms with E-state index in [-0.39, 0.29) is 17.3 Å². The monoisotopic (exact) mass is 251 g/mol.